The van der Waals surface area contributed by atoms with Crippen LogP contribution in [0.4, 0.5) is 0 Å². The first-order valence-corrected chi connectivity index (χ1v) is 13.7. The number of hydrogen-bond acceptors (Lipinski definition) is 4. The lowest BCUT2D eigenvalue weighted by Gasteiger charge is -2.69. The Morgan fingerprint density at radius 2 is 1.71 bits per heavy atom. The normalized spacial score (nSPS) is 47.6. The summed E-state index contributed by atoms with van der Waals surface area (Å²) in [6.07, 6.45) is 10.9. The Bertz CT molecular complexity index is 871. The third kappa shape index (κ3) is 3.60. The van der Waals surface area contributed by atoms with Crippen molar-refractivity contribution < 1.29 is 19.8 Å². The monoisotopic (exact) mass is 472 g/mol. The quantitative estimate of drug-likeness (QED) is 0.489. The summed E-state index contributed by atoms with van der Waals surface area (Å²) in [5.74, 6) is 1.36. The van der Waals surface area contributed by atoms with E-state index in [2.05, 4.69) is 34.6 Å². The second kappa shape index (κ2) is 8.26. The minimum atomic E-state index is -0.867. The molecule has 192 valence electrons. The van der Waals surface area contributed by atoms with Gasteiger partial charge in [-0.15, -0.1) is 0 Å². The Morgan fingerprint density at radius 3 is 2.35 bits per heavy atom. The molecule has 4 nitrogen and oxygen atoms in total. The fourth-order valence-electron chi connectivity index (χ4n) is 10.1. The van der Waals surface area contributed by atoms with Crippen LogP contribution in [0.3, 0.4) is 0 Å². The lowest BCUT2D eigenvalue weighted by molar-refractivity contribution is -0.232. The molecule has 0 aromatic heterocycles. The number of carbonyl (C=O) groups is 2. The van der Waals surface area contributed by atoms with Crippen molar-refractivity contribution in [2.75, 3.05) is 0 Å². The van der Waals surface area contributed by atoms with Gasteiger partial charge in [0.1, 0.15) is 5.78 Å². The molecule has 0 saturated heterocycles. The van der Waals surface area contributed by atoms with Crippen LogP contribution in [-0.4, -0.2) is 33.5 Å². The van der Waals surface area contributed by atoms with E-state index in [0.717, 1.165) is 38.5 Å². The molecule has 0 amide bonds. The van der Waals surface area contributed by atoms with Gasteiger partial charge in [0, 0.05) is 11.8 Å². The Morgan fingerprint density at radius 1 is 1.06 bits per heavy atom. The van der Waals surface area contributed by atoms with E-state index in [1.54, 1.807) is 13.0 Å². The number of carbonyl (C=O) groups excluding carboxylic acids is 2. The van der Waals surface area contributed by atoms with Gasteiger partial charge in [0.05, 0.1) is 11.7 Å². The van der Waals surface area contributed by atoms with Crippen LogP contribution in [0.15, 0.2) is 12.2 Å². The van der Waals surface area contributed by atoms with Crippen molar-refractivity contribution in [3.05, 3.63) is 12.2 Å². The number of hydrogen-bond donors (Lipinski definition) is 2. The van der Waals surface area contributed by atoms with Crippen LogP contribution in [0, 0.1) is 45.3 Å². The van der Waals surface area contributed by atoms with Crippen LogP contribution in [0.2, 0.25) is 0 Å². The molecule has 0 heterocycles. The van der Waals surface area contributed by atoms with Gasteiger partial charge in [0.15, 0.2) is 5.78 Å². The van der Waals surface area contributed by atoms with Crippen molar-refractivity contribution in [1.29, 1.82) is 0 Å². The molecule has 4 saturated carbocycles. The zero-order valence-corrected chi connectivity index (χ0v) is 22.6. The van der Waals surface area contributed by atoms with E-state index >= 15 is 0 Å². The van der Waals surface area contributed by atoms with E-state index in [0.29, 0.717) is 36.9 Å². The molecule has 2 N–H and O–H groups in total. The highest BCUT2D eigenvalue weighted by atomic mass is 16.3. The third-order valence-electron chi connectivity index (χ3n) is 12.1. The summed E-state index contributed by atoms with van der Waals surface area (Å²) in [5.41, 5.74) is -1.02. The zero-order valence-electron chi connectivity index (χ0n) is 22.6. The fourth-order valence-corrected chi connectivity index (χ4v) is 10.1. The molecular formula is C30H48O4. The third-order valence-corrected chi connectivity index (χ3v) is 12.1. The van der Waals surface area contributed by atoms with Crippen LogP contribution >= 0.6 is 0 Å². The Kier molecular flexibility index (Phi) is 6.34. The van der Waals surface area contributed by atoms with Crippen molar-refractivity contribution in [1.82, 2.24) is 0 Å². The molecule has 4 rings (SSSR count). The molecule has 4 aliphatic rings. The maximum atomic E-state index is 12.9. The van der Waals surface area contributed by atoms with Gasteiger partial charge in [-0.2, -0.15) is 0 Å². The number of rotatable bonds is 5. The molecule has 4 heteroatoms. The molecule has 34 heavy (non-hydrogen) atoms. The molecular weight excluding hydrogens is 424 g/mol. The van der Waals surface area contributed by atoms with Crippen molar-refractivity contribution in [2.45, 2.75) is 118 Å². The van der Waals surface area contributed by atoms with Crippen LogP contribution in [-0.2, 0) is 9.59 Å². The number of fused-ring (bicyclic) bond motifs is 5. The van der Waals surface area contributed by atoms with Gasteiger partial charge < -0.3 is 10.2 Å². The van der Waals surface area contributed by atoms with Crippen molar-refractivity contribution in [3.63, 3.8) is 0 Å². The Labute approximate surface area is 207 Å². The highest BCUT2D eigenvalue weighted by molar-refractivity contribution is 5.87. The smallest absolute Gasteiger partial charge is 0.152 e. The summed E-state index contributed by atoms with van der Waals surface area (Å²) in [6, 6.07) is 0. The van der Waals surface area contributed by atoms with Gasteiger partial charge in [0.25, 0.3) is 0 Å². The van der Waals surface area contributed by atoms with Crippen molar-refractivity contribution in [3.8, 4) is 0 Å². The van der Waals surface area contributed by atoms with Crippen molar-refractivity contribution >= 4 is 11.6 Å². The van der Waals surface area contributed by atoms with Gasteiger partial charge in [-0.05, 0) is 111 Å². The Balaban J connectivity index is 1.64. The van der Waals surface area contributed by atoms with Crippen LogP contribution in [0.1, 0.15) is 106 Å². The molecule has 0 radical (unpaired) electrons. The van der Waals surface area contributed by atoms with E-state index in [1.807, 2.05) is 13.0 Å². The van der Waals surface area contributed by atoms with Crippen LogP contribution < -0.4 is 0 Å². The second-order valence-corrected chi connectivity index (χ2v) is 14.0. The molecule has 4 fully saturated rings. The van der Waals surface area contributed by atoms with Gasteiger partial charge in [0.2, 0.25) is 0 Å². The van der Waals surface area contributed by atoms with E-state index in [9.17, 15) is 19.8 Å². The molecule has 0 aromatic carbocycles. The number of allylic oxidation sites excluding steroid dienone is 2. The van der Waals surface area contributed by atoms with E-state index in [-0.39, 0.29) is 39.3 Å². The topological polar surface area (TPSA) is 74.6 Å². The summed E-state index contributed by atoms with van der Waals surface area (Å²) in [5, 5.41) is 23.3. The number of aliphatic hydroxyl groups is 2. The maximum Gasteiger partial charge on any atom is 0.152 e. The molecule has 0 spiro atoms. The van der Waals surface area contributed by atoms with Crippen molar-refractivity contribution in [2.24, 2.45) is 45.3 Å². The largest absolute Gasteiger partial charge is 0.393 e. The van der Waals surface area contributed by atoms with Gasteiger partial charge in [-0.25, -0.2) is 0 Å². The maximum absolute atomic E-state index is 12.9. The predicted octanol–water partition coefficient (Wildman–Crippen LogP) is 5.89. The van der Waals surface area contributed by atoms with Gasteiger partial charge >= 0.3 is 0 Å². The van der Waals surface area contributed by atoms with Gasteiger partial charge in [-0.1, -0.05) is 40.7 Å². The van der Waals surface area contributed by atoms with Crippen LogP contribution in [0.25, 0.3) is 0 Å². The predicted molar refractivity (Wildman–Crippen MR) is 135 cm³/mol. The Hall–Kier alpha value is -1.00. The molecule has 0 aromatic rings. The average molecular weight is 473 g/mol. The first kappa shape index (κ1) is 26.1. The minimum Gasteiger partial charge on any atom is -0.393 e. The second-order valence-electron chi connectivity index (χ2n) is 14.0. The number of ketones is 2. The number of aliphatic hydroxyl groups excluding tert-OH is 1. The standard InChI is InChI=1S/C30H48O4/c1-19(31)10-8-9-14-30(7,34)20-11-16-29(6)25(20)21(32)18-23-27(4)15-13-24(33)26(2,3)22(27)12-17-28(23,29)5/h8,10,20-23,25,32,34H,9,11-18H2,1-7H3/b10-8+/t20-,21+,22-,23+,25-,27-,28+,29+,30-/m0/s1. The van der Waals surface area contributed by atoms with E-state index < -0.39 is 11.7 Å². The molecule has 4 aliphatic carbocycles. The summed E-state index contributed by atoms with van der Waals surface area (Å²) < 4.78 is 0. The molecule has 0 bridgehead atoms. The summed E-state index contributed by atoms with van der Waals surface area (Å²) in [7, 11) is 0. The summed E-state index contributed by atoms with van der Waals surface area (Å²) in [6.45, 7) is 15.1. The lowest BCUT2D eigenvalue weighted by Crippen LogP contribution is -2.66. The lowest BCUT2D eigenvalue weighted by atomic mass is 9.35. The summed E-state index contributed by atoms with van der Waals surface area (Å²) >= 11 is 0. The van der Waals surface area contributed by atoms with Crippen LogP contribution in [0.5, 0.6) is 0 Å². The highest BCUT2D eigenvalue weighted by Gasteiger charge is 2.71. The first-order valence-electron chi connectivity index (χ1n) is 13.7. The molecule has 9 atom stereocenters. The summed E-state index contributed by atoms with van der Waals surface area (Å²) in [4.78, 5) is 24.1. The molecule has 0 aliphatic heterocycles. The van der Waals surface area contributed by atoms with Gasteiger partial charge in [-0.3, -0.25) is 9.59 Å². The first-order chi connectivity index (χ1) is 15.6. The zero-order chi connectivity index (χ0) is 25.3. The number of Topliss-reactive ketones (excluding diaryl/α,β-unsaturated/α-hetero) is 1. The molecule has 0 unspecified atom stereocenters. The fraction of sp³-hybridized carbons (Fsp3) is 0.867. The SMILES string of the molecule is CC(=O)/C=C/CC[C@](C)(O)[C@H]1CC[C@]2(C)[C@@H]1[C@H](O)C[C@@H]1[C@@]3(C)CCC(=O)C(C)(C)[C@@H]3CC[C@]12C. The highest BCUT2D eigenvalue weighted by Crippen LogP contribution is 2.75. The van der Waals surface area contributed by atoms with E-state index in [4.69, 9.17) is 0 Å². The minimum absolute atomic E-state index is 0.0290. The average Bonchev–Trinajstić information content (AvgIpc) is 3.11. The van der Waals surface area contributed by atoms with E-state index in [1.165, 1.54) is 0 Å².